The van der Waals surface area contributed by atoms with Gasteiger partial charge in [-0.25, -0.2) is 0 Å². The third-order valence-corrected chi connectivity index (χ3v) is 10.3. The van der Waals surface area contributed by atoms with Crippen LogP contribution in [-0.2, 0) is 0 Å². The monoisotopic (exact) mass is 356 g/mol. The fourth-order valence-corrected chi connectivity index (χ4v) is 8.59. The van der Waals surface area contributed by atoms with E-state index in [1.54, 1.807) is 0 Å². The summed E-state index contributed by atoms with van der Waals surface area (Å²) in [7, 11) is 4.56. The lowest BCUT2D eigenvalue weighted by molar-refractivity contribution is 0.281. The van der Waals surface area contributed by atoms with E-state index in [9.17, 15) is 0 Å². The predicted molar refractivity (Wildman–Crippen MR) is 110 cm³/mol. The number of hydrogen-bond acceptors (Lipinski definition) is 2. The van der Waals surface area contributed by atoms with Crippen molar-refractivity contribution in [3.63, 3.8) is 0 Å². The Morgan fingerprint density at radius 3 is 2.17 bits per heavy atom. The second-order valence-corrected chi connectivity index (χ2v) is 11.2. The highest BCUT2D eigenvalue weighted by molar-refractivity contribution is 8.77. The Balaban J connectivity index is 1.72. The van der Waals surface area contributed by atoms with Gasteiger partial charge in [-0.2, -0.15) is 0 Å². The molecule has 0 amide bonds. The lowest BCUT2D eigenvalue weighted by atomic mass is 9.80. The standard InChI is InChI=1S/C21H40S2/c1-5-7-8-9-19-11-10-16(3)21(15-19)23-22-20-13-12-18(6-2)14-17(20)4/h16-21H,5-15H2,1-4H3. The van der Waals surface area contributed by atoms with E-state index >= 15 is 0 Å². The van der Waals surface area contributed by atoms with Crippen LogP contribution in [-0.4, -0.2) is 10.5 Å². The van der Waals surface area contributed by atoms with Gasteiger partial charge in [0, 0.05) is 10.5 Å². The Kier molecular flexibility index (Phi) is 9.26. The van der Waals surface area contributed by atoms with Gasteiger partial charge in [0.2, 0.25) is 0 Å². The second kappa shape index (κ2) is 10.6. The van der Waals surface area contributed by atoms with Crippen LogP contribution in [0.25, 0.3) is 0 Å². The molecule has 6 atom stereocenters. The highest BCUT2D eigenvalue weighted by atomic mass is 33.1. The third kappa shape index (κ3) is 6.49. The molecule has 0 saturated heterocycles. The highest BCUT2D eigenvalue weighted by Gasteiger charge is 2.31. The van der Waals surface area contributed by atoms with Gasteiger partial charge in [-0.15, -0.1) is 0 Å². The quantitative estimate of drug-likeness (QED) is 0.319. The fraction of sp³-hybridized carbons (Fsp3) is 1.00. The molecule has 0 aromatic heterocycles. The average Bonchev–Trinajstić information content (AvgIpc) is 2.56. The molecule has 0 nitrogen and oxygen atoms in total. The van der Waals surface area contributed by atoms with Gasteiger partial charge in [-0.1, -0.05) is 87.8 Å². The number of rotatable bonds is 8. The van der Waals surface area contributed by atoms with E-state index < -0.39 is 0 Å². The van der Waals surface area contributed by atoms with Crippen molar-refractivity contribution in [1.29, 1.82) is 0 Å². The highest BCUT2D eigenvalue weighted by Crippen LogP contribution is 2.48. The van der Waals surface area contributed by atoms with E-state index in [2.05, 4.69) is 49.3 Å². The molecule has 2 aliphatic rings. The summed E-state index contributed by atoms with van der Waals surface area (Å²) in [5.74, 6) is 3.93. The molecule has 2 saturated carbocycles. The van der Waals surface area contributed by atoms with Crippen molar-refractivity contribution < 1.29 is 0 Å². The van der Waals surface area contributed by atoms with Crippen LogP contribution in [0.1, 0.15) is 98.3 Å². The Hall–Kier alpha value is 0.700. The molecular weight excluding hydrogens is 316 g/mol. The maximum absolute atomic E-state index is 2.51. The van der Waals surface area contributed by atoms with Gasteiger partial charge in [-0.3, -0.25) is 0 Å². The molecule has 0 bridgehead atoms. The van der Waals surface area contributed by atoms with Crippen molar-refractivity contribution in [3.05, 3.63) is 0 Å². The molecule has 2 fully saturated rings. The molecule has 23 heavy (non-hydrogen) atoms. The molecule has 0 N–H and O–H groups in total. The zero-order chi connectivity index (χ0) is 16.7. The molecule has 6 unspecified atom stereocenters. The van der Waals surface area contributed by atoms with Crippen molar-refractivity contribution in [2.75, 3.05) is 0 Å². The first-order valence-electron chi connectivity index (χ1n) is 10.5. The first-order valence-corrected chi connectivity index (χ1v) is 12.7. The molecule has 2 rings (SSSR count). The van der Waals surface area contributed by atoms with Crippen LogP contribution in [0.4, 0.5) is 0 Å². The summed E-state index contributed by atoms with van der Waals surface area (Å²) in [5, 5.41) is 1.85. The van der Waals surface area contributed by atoms with Gasteiger partial charge in [0.05, 0.1) is 0 Å². The molecule has 0 aromatic carbocycles. The first-order chi connectivity index (χ1) is 11.1. The number of hydrogen-bond donors (Lipinski definition) is 0. The van der Waals surface area contributed by atoms with Crippen LogP contribution < -0.4 is 0 Å². The SMILES string of the molecule is CCCCCC1CCC(C)C(SSC2CCC(CC)CC2C)C1. The molecule has 0 spiro atoms. The maximum atomic E-state index is 2.51. The third-order valence-electron chi connectivity index (χ3n) is 6.53. The Bertz CT molecular complexity index is 317. The summed E-state index contributed by atoms with van der Waals surface area (Å²) in [5.41, 5.74) is 0. The van der Waals surface area contributed by atoms with Gasteiger partial charge in [0.25, 0.3) is 0 Å². The molecule has 136 valence electrons. The van der Waals surface area contributed by atoms with Crippen LogP contribution in [0.5, 0.6) is 0 Å². The number of unbranched alkanes of at least 4 members (excludes halogenated alkanes) is 2. The maximum Gasteiger partial charge on any atom is 0.0179 e. The Labute approximate surface area is 154 Å². The average molecular weight is 357 g/mol. The smallest absolute Gasteiger partial charge is 0.0179 e. The van der Waals surface area contributed by atoms with E-state index in [1.807, 2.05) is 0 Å². The summed E-state index contributed by atoms with van der Waals surface area (Å²) in [6.07, 6.45) is 16.1. The Morgan fingerprint density at radius 1 is 0.739 bits per heavy atom. The van der Waals surface area contributed by atoms with Crippen molar-refractivity contribution in [2.24, 2.45) is 23.7 Å². The minimum absolute atomic E-state index is 0.926. The zero-order valence-corrected chi connectivity index (χ0v) is 17.7. The minimum atomic E-state index is 0.926. The van der Waals surface area contributed by atoms with Crippen molar-refractivity contribution in [2.45, 2.75) is 109 Å². The molecule has 0 aromatic rings. The summed E-state index contributed by atoms with van der Waals surface area (Å²) >= 11 is 0. The van der Waals surface area contributed by atoms with Crippen molar-refractivity contribution in [3.8, 4) is 0 Å². The molecule has 2 heteroatoms. The van der Waals surface area contributed by atoms with Crippen LogP contribution in [0.2, 0.25) is 0 Å². The van der Waals surface area contributed by atoms with Crippen LogP contribution in [0.15, 0.2) is 0 Å². The van der Waals surface area contributed by atoms with Gasteiger partial charge in [-0.05, 0) is 55.8 Å². The fourth-order valence-electron chi connectivity index (χ4n) is 4.58. The first kappa shape index (κ1) is 20.0. The molecule has 0 aliphatic heterocycles. The lowest BCUT2D eigenvalue weighted by Crippen LogP contribution is -2.27. The molecule has 2 aliphatic carbocycles. The normalized spacial score (nSPS) is 38.6. The van der Waals surface area contributed by atoms with E-state index in [1.165, 1.54) is 70.6 Å². The van der Waals surface area contributed by atoms with Crippen LogP contribution >= 0.6 is 21.6 Å². The topological polar surface area (TPSA) is 0 Å². The summed E-state index contributed by atoms with van der Waals surface area (Å²) < 4.78 is 0. The summed E-state index contributed by atoms with van der Waals surface area (Å²) in [6.45, 7) is 9.73. The molecular formula is C21H40S2. The van der Waals surface area contributed by atoms with E-state index in [0.717, 1.165) is 34.2 Å². The van der Waals surface area contributed by atoms with Crippen LogP contribution in [0.3, 0.4) is 0 Å². The lowest BCUT2D eigenvalue weighted by Gasteiger charge is -2.37. The van der Waals surface area contributed by atoms with Gasteiger partial charge in [0.15, 0.2) is 0 Å². The van der Waals surface area contributed by atoms with Gasteiger partial charge < -0.3 is 0 Å². The second-order valence-electron chi connectivity index (χ2n) is 8.49. The van der Waals surface area contributed by atoms with Crippen molar-refractivity contribution in [1.82, 2.24) is 0 Å². The van der Waals surface area contributed by atoms with Crippen LogP contribution in [0, 0.1) is 23.7 Å². The van der Waals surface area contributed by atoms with Gasteiger partial charge in [0.1, 0.15) is 0 Å². The predicted octanol–water partition coefficient (Wildman–Crippen LogP) is 7.97. The largest absolute Gasteiger partial charge is 0.0902 e. The van der Waals surface area contributed by atoms with E-state index in [4.69, 9.17) is 0 Å². The molecule has 0 radical (unpaired) electrons. The Morgan fingerprint density at radius 2 is 1.48 bits per heavy atom. The molecule has 0 heterocycles. The summed E-state index contributed by atoms with van der Waals surface area (Å²) in [4.78, 5) is 0. The summed E-state index contributed by atoms with van der Waals surface area (Å²) in [6, 6.07) is 0. The van der Waals surface area contributed by atoms with Crippen molar-refractivity contribution >= 4 is 21.6 Å². The minimum Gasteiger partial charge on any atom is -0.0902 e. The van der Waals surface area contributed by atoms with E-state index in [0.29, 0.717) is 0 Å². The van der Waals surface area contributed by atoms with Gasteiger partial charge >= 0.3 is 0 Å². The van der Waals surface area contributed by atoms with E-state index in [-0.39, 0.29) is 0 Å². The zero-order valence-electron chi connectivity index (χ0n) is 16.1.